The highest BCUT2D eigenvalue weighted by atomic mass is 15.1. The Labute approximate surface area is 391 Å². The second-order valence-electron chi connectivity index (χ2n) is 18.5. The average Bonchev–Trinajstić information content (AvgIpc) is 3.84. The standard InChI is InChI=1S/C65H46N2/c1-65(2)60-25-12-10-22-55(60)56-37-36-52(42-61(56)65)67-62-26-13-11-24-58(62)59-40-48(31-38-63(59)67)47-19-14-18-46(39-47)45-29-34-51(35-30-45)66(50-32-27-44(28-33-50)43-15-4-3-5-16-43)64-41-49-17-6-7-20-53(49)54-21-8-9-23-57(54)64/h3-42H,1-2H3. The van der Waals surface area contributed by atoms with Crippen molar-refractivity contribution in [3.05, 3.63) is 254 Å². The Hall–Kier alpha value is -8.46. The number of para-hydroxylation sites is 1. The van der Waals surface area contributed by atoms with Gasteiger partial charge in [-0.05, 0) is 139 Å². The Kier molecular flexibility index (Phi) is 8.91. The maximum atomic E-state index is 2.45. The van der Waals surface area contributed by atoms with Crippen LogP contribution in [0, 0.1) is 0 Å². The lowest BCUT2D eigenvalue weighted by molar-refractivity contribution is 0.660. The number of hydrogen-bond donors (Lipinski definition) is 0. The van der Waals surface area contributed by atoms with Crippen molar-refractivity contribution in [2.24, 2.45) is 0 Å². The molecule has 13 rings (SSSR count). The fourth-order valence-electron chi connectivity index (χ4n) is 11.0. The van der Waals surface area contributed by atoms with Gasteiger partial charge in [0.25, 0.3) is 0 Å². The summed E-state index contributed by atoms with van der Waals surface area (Å²) in [6, 6.07) is 89.3. The third-order valence-electron chi connectivity index (χ3n) is 14.4. The third kappa shape index (κ3) is 6.32. The molecular formula is C65H46N2. The molecule has 2 nitrogen and oxygen atoms in total. The minimum atomic E-state index is -0.0696. The molecule has 0 radical (unpaired) electrons. The lowest BCUT2D eigenvalue weighted by atomic mass is 9.82. The highest BCUT2D eigenvalue weighted by Gasteiger charge is 2.35. The normalized spacial score (nSPS) is 12.7. The molecule has 0 aliphatic heterocycles. The number of benzene rings is 11. The molecule has 0 amide bonds. The Balaban J connectivity index is 0.876. The predicted molar refractivity (Wildman–Crippen MR) is 284 cm³/mol. The second kappa shape index (κ2) is 15.3. The maximum Gasteiger partial charge on any atom is 0.0546 e. The van der Waals surface area contributed by atoms with Crippen LogP contribution in [-0.4, -0.2) is 4.57 Å². The van der Waals surface area contributed by atoms with Crippen LogP contribution in [-0.2, 0) is 5.41 Å². The van der Waals surface area contributed by atoms with E-state index in [1.54, 1.807) is 0 Å². The largest absolute Gasteiger partial charge is 0.310 e. The van der Waals surface area contributed by atoms with Crippen LogP contribution in [0.5, 0.6) is 0 Å². The van der Waals surface area contributed by atoms with Gasteiger partial charge in [-0.1, -0.05) is 190 Å². The van der Waals surface area contributed by atoms with Crippen LogP contribution in [0.3, 0.4) is 0 Å². The number of hydrogen-bond acceptors (Lipinski definition) is 1. The summed E-state index contributed by atoms with van der Waals surface area (Å²) in [5, 5.41) is 7.45. The zero-order valence-electron chi connectivity index (χ0n) is 37.5. The molecule has 0 atom stereocenters. The molecule has 2 heteroatoms. The molecule has 0 unspecified atom stereocenters. The molecule has 0 spiro atoms. The second-order valence-corrected chi connectivity index (χ2v) is 18.5. The van der Waals surface area contributed by atoms with Gasteiger partial charge in [0.05, 0.1) is 16.7 Å². The summed E-state index contributed by atoms with van der Waals surface area (Å²) < 4.78 is 2.45. The summed E-state index contributed by atoms with van der Waals surface area (Å²) in [5.74, 6) is 0. The SMILES string of the molecule is CC1(C)c2ccccc2-c2ccc(-n3c4ccccc4c4cc(-c5cccc(-c6ccc(N(c7ccc(-c8ccccc8)cc7)c7cc8ccccc8c8ccccc78)cc6)c5)ccc43)cc21. The number of rotatable bonds is 7. The Bertz CT molecular complexity index is 3870. The predicted octanol–water partition coefficient (Wildman–Crippen LogP) is 17.9. The summed E-state index contributed by atoms with van der Waals surface area (Å²) in [6.07, 6.45) is 0. The molecule has 0 fully saturated rings. The Morgan fingerprint density at radius 3 is 1.64 bits per heavy atom. The molecule has 67 heavy (non-hydrogen) atoms. The van der Waals surface area contributed by atoms with Gasteiger partial charge in [0.15, 0.2) is 0 Å². The van der Waals surface area contributed by atoms with E-state index in [1.165, 1.54) is 105 Å². The molecule has 1 heterocycles. The minimum absolute atomic E-state index is 0.0696. The smallest absolute Gasteiger partial charge is 0.0546 e. The number of anilines is 3. The zero-order valence-corrected chi connectivity index (χ0v) is 37.5. The van der Waals surface area contributed by atoms with E-state index in [0.29, 0.717) is 0 Å². The van der Waals surface area contributed by atoms with Gasteiger partial charge in [0, 0.05) is 38.6 Å². The molecule has 0 saturated carbocycles. The van der Waals surface area contributed by atoms with Crippen molar-refractivity contribution >= 4 is 60.4 Å². The first-order valence-corrected chi connectivity index (χ1v) is 23.3. The van der Waals surface area contributed by atoms with Gasteiger partial charge >= 0.3 is 0 Å². The molecule has 316 valence electrons. The van der Waals surface area contributed by atoms with Gasteiger partial charge in [-0.15, -0.1) is 0 Å². The van der Waals surface area contributed by atoms with Crippen LogP contribution in [0.4, 0.5) is 17.1 Å². The third-order valence-corrected chi connectivity index (χ3v) is 14.4. The molecule has 1 aliphatic rings. The van der Waals surface area contributed by atoms with Crippen LogP contribution < -0.4 is 4.90 Å². The van der Waals surface area contributed by atoms with Gasteiger partial charge in [0.2, 0.25) is 0 Å². The summed E-state index contributed by atoms with van der Waals surface area (Å²) >= 11 is 0. The zero-order chi connectivity index (χ0) is 44.6. The monoisotopic (exact) mass is 854 g/mol. The summed E-state index contributed by atoms with van der Waals surface area (Å²) in [5.41, 5.74) is 19.5. The fourth-order valence-corrected chi connectivity index (χ4v) is 11.0. The van der Waals surface area contributed by atoms with Crippen LogP contribution >= 0.6 is 0 Å². The number of nitrogens with zero attached hydrogens (tertiary/aromatic N) is 2. The van der Waals surface area contributed by atoms with Crippen molar-refractivity contribution in [1.29, 1.82) is 0 Å². The van der Waals surface area contributed by atoms with Crippen LogP contribution in [0.2, 0.25) is 0 Å². The lowest BCUT2D eigenvalue weighted by Gasteiger charge is -2.28. The quantitative estimate of drug-likeness (QED) is 0.145. The van der Waals surface area contributed by atoms with E-state index in [1.807, 2.05) is 0 Å². The lowest BCUT2D eigenvalue weighted by Crippen LogP contribution is -2.15. The van der Waals surface area contributed by atoms with Crippen LogP contribution in [0.25, 0.3) is 93.5 Å². The van der Waals surface area contributed by atoms with E-state index in [2.05, 4.69) is 266 Å². The summed E-state index contributed by atoms with van der Waals surface area (Å²) in [6.45, 7) is 4.72. The number of aromatic nitrogens is 1. The summed E-state index contributed by atoms with van der Waals surface area (Å²) in [4.78, 5) is 2.41. The topological polar surface area (TPSA) is 8.17 Å². The van der Waals surface area contributed by atoms with Crippen molar-refractivity contribution < 1.29 is 0 Å². The van der Waals surface area contributed by atoms with E-state index < -0.39 is 0 Å². The van der Waals surface area contributed by atoms with Crippen molar-refractivity contribution in [1.82, 2.24) is 4.57 Å². The van der Waals surface area contributed by atoms with Crippen molar-refractivity contribution in [3.8, 4) is 50.2 Å². The molecule has 11 aromatic carbocycles. The highest BCUT2D eigenvalue weighted by molar-refractivity contribution is 6.15. The van der Waals surface area contributed by atoms with Gasteiger partial charge in [-0.3, -0.25) is 0 Å². The molecule has 1 aliphatic carbocycles. The minimum Gasteiger partial charge on any atom is -0.310 e. The molecule has 12 aromatic rings. The molecule has 1 aromatic heterocycles. The van der Waals surface area contributed by atoms with Gasteiger partial charge in [0.1, 0.15) is 0 Å². The molecule has 0 saturated heterocycles. The van der Waals surface area contributed by atoms with Crippen LogP contribution in [0.1, 0.15) is 25.0 Å². The van der Waals surface area contributed by atoms with Gasteiger partial charge < -0.3 is 9.47 Å². The molecule has 0 N–H and O–H groups in total. The van der Waals surface area contributed by atoms with Crippen LogP contribution in [0.15, 0.2) is 243 Å². The fraction of sp³-hybridized carbons (Fsp3) is 0.0462. The van der Waals surface area contributed by atoms with E-state index in [9.17, 15) is 0 Å². The summed E-state index contributed by atoms with van der Waals surface area (Å²) in [7, 11) is 0. The molecular weight excluding hydrogens is 809 g/mol. The first-order valence-electron chi connectivity index (χ1n) is 23.3. The van der Waals surface area contributed by atoms with Gasteiger partial charge in [-0.2, -0.15) is 0 Å². The van der Waals surface area contributed by atoms with E-state index in [-0.39, 0.29) is 5.41 Å². The van der Waals surface area contributed by atoms with Crippen molar-refractivity contribution in [3.63, 3.8) is 0 Å². The van der Waals surface area contributed by atoms with E-state index in [4.69, 9.17) is 0 Å². The molecule has 0 bridgehead atoms. The first-order chi connectivity index (χ1) is 33.0. The maximum absolute atomic E-state index is 2.45. The van der Waals surface area contributed by atoms with E-state index >= 15 is 0 Å². The average molecular weight is 855 g/mol. The number of fused-ring (bicyclic) bond motifs is 9. The first kappa shape index (κ1) is 39.0. The van der Waals surface area contributed by atoms with E-state index in [0.717, 1.165) is 17.1 Å². The Morgan fingerprint density at radius 1 is 0.328 bits per heavy atom. The van der Waals surface area contributed by atoms with Crippen molar-refractivity contribution in [2.75, 3.05) is 4.90 Å². The highest BCUT2D eigenvalue weighted by Crippen LogP contribution is 2.50. The van der Waals surface area contributed by atoms with Crippen molar-refractivity contribution in [2.45, 2.75) is 19.3 Å². The van der Waals surface area contributed by atoms with Gasteiger partial charge in [-0.25, -0.2) is 0 Å². The Morgan fingerprint density at radius 2 is 0.866 bits per heavy atom.